The summed E-state index contributed by atoms with van der Waals surface area (Å²) in [6.07, 6.45) is 3.86. The van der Waals surface area contributed by atoms with E-state index in [4.69, 9.17) is 4.74 Å². The number of carbonyl (C=O) groups excluding carboxylic acids is 1. The first-order valence-electron chi connectivity index (χ1n) is 8.67. The van der Waals surface area contributed by atoms with Gasteiger partial charge < -0.3 is 15.0 Å². The maximum Gasteiger partial charge on any atom is 0.228 e. The zero-order chi connectivity index (χ0) is 16.4. The number of rotatable bonds is 4. The summed E-state index contributed by atoms with van der Waals surface area (Å²) < 4.78 is 5.50. The second-order valence-electron chi connectivity index (χ2n) is 6.51. The predicted octanol–water partition coefficient (Wildman–Crippen LogP) is 3.40. The van der Waals surface area contributed by atoms with Gasteiger partial charge in [-0.05, 0) is 54.3 Å². The highest BCUT2D eigenvalue weighted by Crippen LogP contribution is 2.26. The van der Waals surface area contributed by atoms with Crippen LogP contribution >= 0.6 is 0 Å². The van der Waals surface area contributed by atoms with Gasteiger partial charge in [-0.2, -0.15) is 0 Å². The molecule has 0 unspecified atom stereocenters. The van der Waals surface area contributed by atoms with Crippen LogP contribution in [0.5, 0.6) is 5.75 Å². The summed E-state index contributed by atoms with van der Waals surface area (Å²) in [6, 6.07) is 14.2. The fraction of sp³-hybridized carbons (Fsp3) is 0.350. The van der Waals surface area contributed by atoms with Crippen LogP contribution in [0.2, 0.25) is 0 Å². The van der Waals surface area contributed by atoms with Crippen molar-refractivity contribution >= 4 is 17.3 Å². The summed E-state index contributed by atoms with van der Waals surface area (Å²) in [5, 5.41) is 2.99. The molecular weight excluding hydrogens is 300 g/mol. The van der Waals surface area contributed by atoms with Crippen LogP contribution in [0.1, 0.15) is 24.0 Å². The summed E-state index contributed by atoms with van der Waals surface area (Å²) in [6.45, 7) is 3.01. The summed E-state index contributed by atoms with van der Waals surface area (Å²) in [7, 11) is 0. The molecule has 0 aromatic heterocycles. The molecule has 0 radical (unpaired) electrons. The van der Waals surface area contributed by atoms with Crippen LogP contribution in [0.3, 0.4) is 0 Å². The van der Waals surface area contributed by atoms with Crippen molar-refractivity contribution in [2.24, 2.45) is 0 Å². The summed E-state index contributed by atoms with van der Waals surface area (Å²) in [4.78, 5) is 14.7. The van der Waals surface area contributed by atoms with E-state index in [1.165, 1.54) is 24.1 Å². The molecule has 0 bridgehead atoms. The van der Waals surface area contributed by atoms with E-state index in [2.05, 4.69) is 28.4 Å². The second-order valence-corrected chi connectivity index (χ2v) is 6.51. The highest BCUT2D eigenvalue weighted by atomic mass is 16.5. The number of amides is 1. The zero-order valence-electron chi connectivity index (χ0n) is 13.8. The largest absolute Gasteiger partial charge is 0.493 e. The molecule has 2 aliphatic heterocycles. The molecular formula is C20H22N2O2. The first-order valence-corrected chi connectivity index (χ1v) is 8.67. The van der Waals surface area contributed by atoms with Crippen molar-refractivity contribution in [1.82, 2.24) is 0 Å². The lowest BCUT2D eigenvalue weighted by Gasteiger charge is -2.17. The maximum absolute atomic E-state index is 12.3. The Kier molecular flexibility index (Phi) is 4.11. The van der Waals surface area contributed by atoms with E-state index in [0.717, 1.165) is 43.1 Å². The molecule has 2 heterocycles. The predicted molar refractivity (Wildman–Crippen MR) is 95.9 cm³/mol. The van der Waals surface area contributed by atoms with Crippen LogP contribution in [0, 0.1) is 0 Å². The Bertz CT molecular complexity index is 734. The second kappa shape index (κ2) is 6.56. The molecule has 1 fully saturated rings. The fourth-order valence-electron chi connectivity index (χ4n) is 3.47. The molecule has 1 saturated heterocycles. The van der Waals surface area contributed by atoms with Crippen molar-refractivity contribution < 1.29 is 9.53 Å². The van der Waals surface area contributed by atoms with Crippen LogP contribution < -0.4 is 15.0 Å². The molecule has 0 atom stereocenters. The van der Waals surface area contributed by atoms with Crippen molar-refractivity contribution in [3.8, 4) is 5.75 Å². The Balaban J connectivity index is 1.37. The molecule has 4 rings (SSSR count). The van der Waals surface area contributed by atoms with E-state index < -0.39 is 0 Å². The van der Waals surface area contributed by atoms with Gasteiger partial charge in [0, 0.05) is 30.9 Å². The van der Waals surface area contributed by atoms with Crippen molar-refractivity contribution in [3.63, 3.8) is 0 Å². The van der Waals surface area contributed by atoms with Crippen LogP contribution in [0.4, 0.5) is 11.4 Å². The smallest absolute Gasteiger partial charge is 0.228 e. The monoisotopic (exact) mass is 322 g/mol. The number of nitrogens with zero attached hydrogens (tertiary/aromatic N) is 1. The van der Waals surface area contributed by atoms with Crippen LogP contribution in [0.15, 0.2) is 42.5 Å². The molecule has 124 valence electrons. The van der Waals surface area contributed by atoms with Crippen molar-refractivity contribution in [2.75, 3.05) is 29.9 Å². The number of nitrogens with one attached hydrogen (secondary N) is 1. The molecule has 0 spiro atoms. The van der Waals surface area contributed by atoms with E-state index in [-0.39, 0.29) is 5.91 Å². The maximum atomic E-state index is 12.3. The number of fused-ring (bicyclic) bond motifs is 1. The van der Waals surface area contributed by atoms with Gasteiger partial charge in [-0.25, -0.2) is 0 Å². The average molecular weight is 322 g/mol. The standard InChI is InChI=1S/C20H22N2O2/c23-20(14-15-3-8-19-16(13-15)9-12-24-19)21-17-4-6-18(7-5-17)22-10-1-2-11-22/h3-8,13H,1-2,9-12,14H2,(H,21,23). The lowest BCUT2D eigenvalue weighted by molar-refractivity contribution is -0.115. The molecule has 2 aliphatic rings. The van der Waals surface area contributed by atoms with Gasteiger partial charge in [0.2, 0.25) is 5.91 Å². The number of anilines is 2. The van der Waals surface area contributed by atoms with E-state index in [9.17, 15) is 4.79 Å². The summed E-state index contributed by atoms with van der Waals surface area (Å²) in [5.41, 5.74) is 4.33. The molecule has 1 N–H and O–H groups in total. The first kappa shape index (κ1) is 15.1. The molecule has 1 amide bonds. The highest BCUT2D eigenvalue weighted by molar-refractivity contribution is 5.92. The number of carbonyl (C=O) groups is 1. The Hall–Kier alpha value is -2.49. The van der Waals surface area contributed by atoms with Crippen LogP contribution in [0.25, 0.3) is 0 Å². The van der Waals surface area contributed by atoms with Gasteiger partial charge in [-0.1, -0.05) is 12.1 Å². The van der Waals surface area contributed by atoms with Gasteiger partial charge >= 0.3 is 0 Å². The Labute approximate surface area is 142 Å². The van der Waals surface area contributed by atoms with Crippen molar-refractivity contribution in [2.45, 2.75) is 25.7 Å². The van der Waals surface area contributed by atoms with Crippen LogP contribution in [-0.4, -0.2) is 25.6 Å². The minimum absolute atomic E-state index is 0.0165. The quantitative estimate of drug-likeness (QED) is 0.938. The molecule has 4 heteroatoms. The Morgan fingerprint density at radius 1 is 1.08 bits per heavy atom. The average Bonchev–Trinajstić information content (AvgIpc) is 3.26. The molecule has 0 aliphatic carbocycles. The normalized spacial score (nSPS) is 15.9. The van der Waals surface area contributed by atoms with Gasteiger partial charge in [0.25, 0.3) is 0 Å². The minimum atomic E-state index is 0.0165. The van der Waals surface area contributed by atoms with E-state index in [1.807, 2.05) is 24.3 Å². The van der Waals surface area contributed by atoms with Crippen LogP contribution in [-0.2, 0) is 17.6 Å². The van der Waals surface area contributed by atoms with Gasteiger partial charge in [0.15, 0.2) is 0 Å². The van der Waals surface area contributed by atoms with Gasteiger partial charge in [-0.3, -0.25) is 4.79 Å². The topological polar surface area (TPSA) is 41.6 Å². The molecule has 2 aromatic rings. The lowest BCUT2D eigenvalue weighted by atomic mass is 10.1. The third kappa shape index (κ3) is 3.23. The third-order valence-electron chi connectivity index (χ3n) is 4.74. The van der Waals surface area contributed by atoms with E-state index in [1.54, 1.807) is 0 Å². The third-order valence-corrected chi connectivity index (χ3v) is 4.74. The summed E-state index contributed by atoms with van der Waals surface area (Å²) in [5.74, 6) is 0.972. The molecule has 0 saturated carbocycles. The molecule has 24 heavy (non-hydrogen) atoms. The van der Waals surface area contributed by atoms with Crippen molar-refractivity contribution in [3.05, 3.63) is 53.6 Å². The molecule has 2 aromatic carbocycles. The van der Waals surface area contributed by atoms with Crippen molar-refractivity contribution in [1.29, 1.82) is 0 Å². The van der Waals surface area contributed by atoms with E-state index >= 15 is 0 Å². The minimum Gasteiger partial charge on any atom is -0.493 e. The van der Waals surface area contributed by atoms with Gasteiger partial charge in [0.1, 0.15) is 5.75 Å². The number of benzene rings is 2. The first-order chi connectivity index (χ1) is 11.8. The highest BCUT2D eigenvalue weighted by Gasteiger charge is 2.14. The van der Waals surface area contributed by atoms with Gasteiger partial charge in [0.05, 0.1) is 13.0 Å². The van der Waals surface area contributed by atoms with Gasteiger partial charge in [-0.15, -0.1) is 0 Å². The fourth-order valence-corrected chi connectivity index (χ4v) is 3.47. The van der Waals surface area contributed by atoms with E-state index in [0.29, 0.717) is 6.42 Å². The Morgan fingerprint density at radius 3 is 2.67 bits per heavy atom. The number of hydrogen-bond acceptors (Lipinski definition) is 3. The number of ether oxygens (including phenoxy) is 1. The SMILES string of the molecule is O=C(Cc1ccc2c(c1)CCO2)Nc1ccc(N2CCCC2)cc1. The molecule has 4 nitrogen and oxygen atoms in total. The zero-order valence-corrected chi connectivity index (χ0v) is 13.8. The number of hydrogen-bond donors (Lipinski definition) is 1. The Morgan fingerprint density at radius 2 is 1.88 bits per heavy atom. The summed E-state index contributed by atoms with van der Waals surface area (Å²) >= 11 is 0. The lowest BCUT2D eigenvalue weighted by Crippen LogP contribution is -2.18.